The molecule has 0 N–H and O–H groups in total. The molecule has 0 atom stereocenters. The Hall–Kier alpha value is -3.32. The van der Waals surface area contributed by atoms with Crippen LogP contribution in [0.3, 0.4) is 0 Å². The van der Waals surface area contributed by atoms with Gasteiger partial charge in [-0.1, -0.05) is 91.5 Å². The lowest BCUT2D eigenvalue weighted by Crippen LogP contribution is -2.13. The largest absolute Gasteiger partial charge is 0.348 e. The Kier molecular flexibility index (Phi) is 6.06. The minimum Gasteiger partial charge on any atom is -0.348 e. The number of benzene rings is 3. The average molecular weight is 351 g/mol. The van der Waals surface area contributed by atoms with E-state index in [1.165, 1.54) is 16.8 Å². The van der Waals surface area contributed by atoms with E-state index in [-0.39, 0.29) is 0 Å². The Morgan fingerprint density at radius 1 is 0.815 bits per heavy atom. The second kappa shape index (κ2) is 8.86. The molecule has 3 aromatic carbocycles. The summed E-state index contributed by atoms with van der Waals surface area (Å²) in [5.74, 6) is 0. The molecule has 0 aliphatic carbocycles. The molecule has 0 aliphatic rings. The summed E-state index contributed by atoms with van der Waals surface area (Å²) in [6.45, 7) is 6.26. The molecule has 0 spiro atoms. The molecule has 27 heavy (non-hydrogen) atoms. The molecule has 0 amide bonds. The van der Waals surface area contributed by atoms with E-state index in [1.807, 2.05) is 30.3 Å². The van der Waals surface area contributed by atoms with Gasteiger partial charge in [-0.25, -0.2) is 0 Å². The second-order valence-corrected chi connectivity index (χ2v) is 6.53. The summed E-state index contributed by atoms with van der Waals surface area (Å²) in [7, 11) is 2.09. The number of allylic oxidation sites excluding steroid dienone is 5. The number of hydrogen-bond donors (Lipinski definition) is 0. The minimum absolute atomic E-state index is 1.01. The van der Waals surface area contributed by atoms with Crippen LogP contribution in [-0.4, -0.2) is 7.05 Å². The normalized spacial score (nSPS) is 11.6. The maximum absolute atomic E-state index is 4.14. The summed E-state index contributed by atoms with van der Waals surface area (Å²) in [6.07, 6.45) is 6.22. The van der Waals surface area contributed by atoms with Gasteiger partial charge >= 0.3 is 0 Å². The number of anilines is 1. The molecule has 0 fully saturated rings. The highest BCUT2D eigenvalue weighted by Gasteiger charge is 2.04. The van der Waals surface area contributed by atoms with Gasteiger partial charge in [0.15, 0.2) is 0 Å². The van der Waals surface area contributed by atoms with E-state index in [4.69, 9.17) is 0 Å². The summed E-state index contributed by atoms with van der Waals surface area (Å²) >= 11 is 0. The van der Waals surface area contributed by atoms with Gasteiger partial charge in [0.1, 0.15) is 0 Å². The first-order valence-electron chi connectivity index (χ1n) is 9.13. The zero-order valence-corrected chi connectivity index (χ0v) is 16.0. The molecule has 0 unspecified atom stereocenters. The van der Waals surface area contributed by atoms with E-state index in [0.29, 0.717) is 0 Å². The Morgan fingerprint density at radius 2 is 1.44 bits per heavy atom. The van der Waals surface area contributed by atoms with Crippen molar-refractivity contribution < 1.29 is 0 Å². The topological polar surface area (TPSA) is 3.24 Å². The highest BCUT2D eigenvalue weighted by molar-refractivity contribution is 5.72. The third kappa shape index (κ3) is 4.86. The summed E-state index contributed by atoms with van der Waals surface area (Å²) in [5.41, 5.74) is 6.93. The number of hydrogen-bond acceptors (Lipinski definition) is 1. The van der Waals surface area contributed by atoms with Crippen LogP contribution >= 0.6 is 0 Å². The lowest BCUT2D eigenvalue weighted by molar-refractivity contribution is 1.09. The molecular formula is C26H25N. The number of nitrogens with zero attached hydrogens (tertiary/aromatic N) is 1. The van der Waals surface area contributed by atoms with Crippen molar-refractivity contribution >= 4 is 11.3 Å². The summed E-state index contributed by atoms with van der Waals surface area (Å²) in [4.78, 5) is 2.20. The van der Waals surface area contributed by atoms with Gasteiger partial charge in [0, 0.05) is 18.4 Å². The van der Waals surface area contributed by atoms with E-state index < -0.39 is 0 Å². The van der Waals surface area contributed by atoms with Crippen LogP contribution in [0.2, 0.25) is 0 Å². The molecule has 0 radical (unpaired) electrons. The van der Waals surface area contributed by atoms with Gasteiger partial charge in [-0.05, 0) is 47.4 Å². The highest BCUT2D eigenvalue weighted by atomic mass is 15.1. The van der Waals surface area contributed by atoms with Crippen LogP contribution in [0, 0.1) is 0 Å². The smallest absolute Gasteiger partial charge is 0.0411 e. The van der Waals surface area contributed by atoms with E-state index in [1.54, 1.807) is 0 Å². The molecule has 0 saturated heterocycles. The molecular weight excluding hydrogens is 326 g/mol. The first-order valence-corrected chi connectivity index (χ1v) is 9.13. The van der Waals surface area contributed by atoms with E-state index in [0.717, 1.165) is 16.8 Å². The molecule has 1 heteroatoms. The van der Waals surface area contributed by atoms with Crippen molar-refractivity contribution in [2.45, 2.75) is 6.92 Å². The van der Waals surface area contributed by atoms with E-state index >= 15 is 0 Å². The van der Waals surface area contributed by atoms with Crippen LogP contribution in [-0.2, 0) is 0 Å². The fraction of sp³-hybridized carbons (Fsp3) is 0.0769. The lowest BCUT2D eigenvalue weighted by atomic mass is 10.0. The maximum atomic E-state index is 4.14. The van der Waals surface area contributed by atoms with E-state index in [9.17, 15) is 0 Å². The highest BCUT2D eigenvalue weighted by Crippen LogP contribution is 2.25. The van der Waals surface area contributed by atoms with Crippen molar-refractivity contribution in [3.8, 4) is 11.1 Å². The maximum Gasteiger partial charge on any atom is 0.0411 e. The molecule has 0 heterocycles. The van der Waals surface area contributed by atoms with Gasteiger partial charge in [-0.15, -0.1) is 0 Å². The van der Waals surface area contributed by atoms with Crippen LogP contribution < -0.4 is 4.90 Å². The van der Waals surface area contributed by atoms with Gasteiger partial charge in [0.2, 0.25) is 0 Å². The standard InChI is InChI=1S/C26H25N/c1-21(23-14-6-4-7-15-23)12-10-13-22(2)27(3)26-19-11-18-25(20-26)24-16-8-5-9-17-24/h4-20H,1H2,2-3H3/b12-10-,22-13+. The molecule has 0 bridgehead atoms. The zero-order valence-electron chi connectivity index (χ0n) is 16.0. The van der Waals surface area contributed by atoms with Crippen molar-refractivity contribution in [1.82, 2.24) is 0 Å². The van der Waals surface area contributed by atoms with Crippen LogP contribution in [0.4, 0.5) is 5.69 Å². The molecule has 134 valence electrons. The Morgan fingerprint density at radius 3 is 2.15 bits per heavy atom. The molecule has 3 rings (SSSR count). The predicted octanol–water partition coefficient (Wildman–Crippen LogP) is 6.96. The van der Waals surface area contributed by atoms with Crippen LogP contribution in [0.25, 0.3) is 16.7 Å². The van der Waals surface area contributed by atoms with Crippen molar-refractivity contribution in [3.63, 3.8) is 0 Å². The third-order valence-electron chi connectivity index (χ3n) is 4.65. The first kappa shape index (κ1) is 18.5. The molecule has 1 nitrogen and oxygen atoms in total. The summed E-state index contributed by atoms with van der Waals surface area (Å²) < 4.78 is 0. The van der Waals surface area contributed by atoms with Crippen molar-refractivity contribution in [2.75, 3.05) is 11.9 Å². The number of rotatable bonds is 6. The fourth-order valence-electron chi connectivity index (χ4n) is 2.89. The van der Waals surface area contributed by atoms with Crippen molar-refractivity contribution in [2.24, 2.45) is 0 Å². The minimum atomic E-state index is 1.01. The van der Waals surface area contributed by atoms with Crippen LogP contribution in [0.15, 0.2) is 115 Å². The summed E-state index contributed by atoms with van der Waals surface area (Å²) in [5, 5.41) is 0. The predicted molar refractivity (Wildman–Crippen MR) is 119 cm³/mol. The SMILES string of the molecule is C=C(/C=C\C=C(/C)N(C)c1cccc(-c2ccccc2)c1)c1ccccc1. The fourth-order valence-corrected chi connectivity index (χ4v) is 2.89. The lowest BCUT2D eigenvalue weighted by Gasteiger charge is -2.20. The monoisotopic (exact) mass is 351 g/mol. The quantitative estimate of drug-likeness (QED) is 0.434. The molecule has 0 aromatic heterocycles. The van der Waals surface area contributed by atoms with Crippen molar-refractivity contribution in [3.05, 3.63) is 121 Å². The van der Waals surface area contributed by atoms with Crippen LogP contribution in [0.5, 0.6) is 0 Å². The van der Waals surface area contributed by atoms with Gasteiger partial charge in [-0.3, -0.25) is 0 Å². The van der Waals surface area contributed by atoms with E-state index in [2.05, 4.69) is 98.3 Å². The van der Waals surface area contributed by atoms with Gasteiger partial charge in [0.25, 0.3) is 0 Å². The molecule has 3 aromatic rings. The Bertz CT molecular complexity index is 950. The zero-order chi connectivity index (χ0) is 19.1. The average Bonchev–Trinajstić information content (AvgIpc) is 2.74. The van der Waals surface area contributed by atoms with Crippen molar-refractivity contribution in [1.29, 1.82) is 0 Å². The Labute approximate surface area is 162 Å². The van der Waals surface area contributed by atoms with Gasteiger partial charge in [-0.2, -0.15) is 0 Å². The Balaban J connectivity index is 1.73. The molecule has 0 aliphatic heterocycles. The van der Waals surface area contributed by atoms with Gasteiger partial charge < -0.3 is 4.90 Å². The molecule has 0 saturated carbocycles. The third-order valence-corrected chi connectivity index (χ3v) is 4.65. The second-order valence-electron chi connectivity index (χ2n) is 6.53. The van der Waals surface area contributed by atoms with Crippen LogP contribution in [0.1, 0.15) is 12.5 Å². The summed E-state index contributed by atoms with van der Waals surface area (Å²) in [6, 6.07) is 29.3. The van der Waals surface area contributed by atoms with Gasteiger partial charge in [0.05, 0.1) is 0 Å². The first-order chi connectivity index (χ1) is 13.1.